The highest BCUT2D eigenvalue weighted by atomic mass is 16.5. The standard InChI is InChI=1S/C17H19NO2/c1-4-20-16-7-5-15(6-8-16)18-17(19)14-10-12(2)9-13(3)11-14/h5-11H,4H2,1-3H3,(H,18,19). The van der Waals surface area contributed by atoms with E-state index in [0.717, 1.165) is 22.6 Å². The lowest BCUT2D eigenvalue weighted by atomic mass is 10.1. The fraction of sp³-hybridized carbons (Fsp3) is 0.235. The molecule has 0 spiro atoms. The molecule has 0 aromatic heterocycles. The van der Waals surface area contributed by atoms with Gasteiger partial charge in [0, 0.05) is 11.3 Å². The Balaban J connectivity index is 2.10. The molecule has 3 heteroatoms. The van der Waals surface area contributed by atoms with E-state index < -0.39 is 0 Å². The van der Waals surface area contributed by atoms with Crippen molar-refractivity contribution >= 4 is 11.6 Å². The number of hydrogen-bond acceptors (Lipinski definition) is 2. The first-order valence-corrected chi connectivity index (χ1v) is 6.71. The number of benzene rings is 2. The van der Waals surface area contributed by atoms with Gasteiger partial charge in [-0.25, -0.2) is 0 Å². The van der Waals surface area contributed by atoms with Gasteiger partial charge in [0.1, 0.15) is 5.75 Å². The summed E-state index contributed by atoms with van der Waals surface area (Å²) in [6.07, 6.45) is 0. The number of aryl methyl sites for hydroxylation is 2. The van der Waals surface area contributed by atoms with Crippen LogP contribution < -0.4 is 10.1 Å². The molecule has 0 aliphatic rings. The number of anilines is 1. The van der Waals surface area contributed by atoms with Gasteiger partial charge in [-0.05, 0) is 57.2 Å². The first-order chi connectivity index (χ1) is 9.58. The molecule has 0 aliphatic heterocycles. The summed E-state index contributed by atoms with van der Waals surface area (Å²) >= 11 is 0. The van der Waals surface area contributed by atoms with E-state index in [1.165, 1.54) is 0 Å². The fourth-order valence-electron chi connectivity index (χ4n) is 2.11. The first-order valence-electron chi connectivity index (χ1n) is 6.71. The summed E-state index contributed by atoms with van der Waals surface area (Å²) in [5.41, 5.74) is 3.61. The normalized spacial score (nSPS) is 10.2. The molecular weight excluding hydrogens is 250 g/mol. The number of hydrogen-bond donors (Lipinski definition) is 1. The summed E-state index contributed by atoms with van der Waals surface area (Å²) in [5, 5.41) is 2.89. The molecule has 2 rings (SSSR count). The second kappa shape index (κ2) is 6.24. The van der Waals surface area contributed by atoms with E-state index in [-0.39, 0.29) is 5.91 Å². The second-order valence-electron chi connectivity index (χ2n) is 4.79. The number of nitrogens with one attached hydrogen (secondary N) is 1. The van der Waals surface area contributed by atoms with Crippen molar-refractivity contribution in [3.05, 3.63) is 59.2 Å². The van der Waals surface area contributed by atoms with Crippen LogP contribution in [-0.2, 0) is 0 Å². The van der Waals surface area contributed by atoms with Crippen LogP contribution in [-0.4, -0.2) is 12.5 Å². The van der Waals surface area contributed by atoms with Crippen LogP contribution in [0.2, 0.25) is 0 Å². The molecule has 0 fully saturated rings. The molecule has 0 heterocycles. The van der Waals surface area contributed by atoms with E-state index in [1.807, 2.05) is 63.2 Å². The van der Waals surface area contributed by atoms with Crippen molar-refractivity contribution in [3.8, 4) is 5.75 Å². The third-order valence-electron chi connectivity index (χ3n) is 2.91. The molecule has 20 heavy (non-hydrogen) atoms. The predicted octanol–water partition coefficient (Wildman–Crippen LogP) is 3.95. The van der Waals surface area contributed by atoms with Crippen LogP contribution in [0, 0.1) is 13.8 Å². The van der Waals surface area contributed by atoms with E-state index >= 15 is 0 Å². The minimum absolute atomic E-state index is 0.0963. The fourth-order valence-corrected chi connectivity index (χ4v) is 2.11. The molecule has 3 nitrogen and oxygen atoms in total. The summed E-state index contributed by atoms with van der Waals surface area (Å²) in [6, 6.07) is 13.2. The van der Waals surface area contributed by atoms with Crippen molar-refractivity contribution in [3.63, 3.8) is 0 Å². The largest absolute Gasteiger partial charge is 0.494 e. The number of carbonyl (C=O) groups is 1. The first kappa shape index (κ1) is 14.1. The Hall–Kier alpha value is -2.29. The van der Waals surface area contributed by atoms with Crippen LogP contribution >= 0.6 is 0 Å². The Kier molecular flexibility index (Phi) is 4.41. The van der Waals surface area contributed by atoms with Gasteiger partial charge in [0.05, 0.1) is 6.61 Å². The zero-order valence-corrected chi connectivity index (χ0v) is 12.1. The maximum Gasteiger partial charge on any atom is 0.255 e. The predicted molar refractivity (Wildman–Crippen MR) is 81.5 cm³/mol. The van der Waals surface area contributed by atoms with Crippen molar-refractivity contribution in [1.82, 2.24) is 0 Å². The molecule has 1 N–H and O–H groups in total. The summed E-state index contributed by atoms with van der Waals surface area (Å²) in [4.78, 5) is 12.2. The van der Waals surface area contributed by atoms with E-state index in [2.05, 4.69) is 5.32 Å². The molecule has 2 aromatic rings. The summed E-state index contributed by atoms with van der Waals surface area (Å²) in [5.74, 6) is 0.706. The number of amides is 1. The highest BCUT2D eigenvalue weighted by Gasteiger charge is 2.07. The van der Waals surface area contributed by atoms with E-state index in [9.17, 15) is 4.79 Å². The van der Waals surface area contributed by atoms with Crippen LogP contribution in [0.25, 0.3) is 0 Å². The Morgan fingerprint density at radius 1 is 1.05 bits per heavy atom. The summed E-state index contributed by atoms with van der Waals surface area (Å²) in [6.45, 7) is 6.55. The average Bonchev–Trinajstić information content (AvgIpc) is 2.40. The van der Waals surface area contributed by atoms with Crippen molar-refractivity contribution in [2.75, 3.05) is 11.9 Å². The van der Waals surface area contributed by atoms with Gasteiger partial charge in [-0.2, -0.15) is 0 Å². The lowest BCUT2D eigenvalue weighted by Gasteiger charge is -2.08. The molecule has 0 aliphatic carbocycles. The molecule has 0 saturated carbocycles. The summed E-state index contributed by atoms with van der Waals surface area (Å²) < 4.78 is 5.37. The zero-order chi connectivity index (χ0) is 14.5. The van der Waals surface area contributed by atoms with Crippen molar-refractivity contribution in [1.29, 1.82) is 0 Å². The molecular formula is C17H19NO2. The van der Waals surface area contributed by atoms with Gasteiger partial charge in [-0.3, -0.25) is 4.79 Å². The smallest absolute Gasteiger partial charge is 0.255 e. The monoisotopic (exact) mass is 269 g/mol. The molecule has 0 radical (unpaired) electrons. The molecule has 2 aromatic carbocycles. The lowest BCUT2D eigenvalue weighted by Crippen LogP contribution is -2.12. The van der Waals surface area contributed by atoms with Gasteiger partial charge in [0.15, 0.2) is 0 Å². The maximum absolute atomic E-state index is 12.2. The topological polar surface area (TPSA) is 38.3 Å². The highest BCUT2D eigenvalue weighted by Crippen LogP contribution is 2.17. The van der Waals surface area contributed by atoms with Gasteiger partial charge in [0.25, 0.3) is 5.91 Å². The Labute approximate surface area is 119 Å². The Morgan fingerprint density at radius 2 is 1.65 bits per heavy atom. The number of ether oxygens (including phenoxy) is 1. The Morgan fingerprint density at radius 3 is 2.20 bits per heavy atom. The van der Waals surface area contributed by atoms with Crippen molar-refractivity contribution in [2.24, 2.45) is 0 Å². The van der Waals surface area contributed by atoms with Crippen LogP contribution in [0.1, 0.15) is 28.4 Å². The zero-order valence-electron chi connectivity index (χ0n) is 12.1. The molecule has 0 bridgehead atoms. The van der Waals surface area contributed by atoms with E-state index in [4.69, 9.17) is 4.74 Å². The van der Waals surface area contributed by atoms with Crippen LogP contribution in [0.5, 0.6) is 5.75 Å². The van der Waals surface area contributed by atoms with Crippen LogP contribution in [0.3, 0.4) is 0 Å². The Bertz CT molecular complexity index is 583. The quantitative estimate of drug-likeness (QED) is 0.912. The lowest BCUT2D eigenvalue weighted by molar-refractivity contribution is 0.102. The van der Waals surface area contributed by atoms with E-state index in [1.54, 1.807) is 0 Å². The third-order valence-corrected chi connectivity index (χ3v) is 2.91. The third kappa shape index (κ3) is 3.60. The minimum atomic E-state index is -0.0963. The molecule has 0 saturated heterocycles. The highest BCUT2D eigenvalue weighted by molar-refractivity contribution is 6.04. The SMILES string of the molecule is CCOc1ccc(NC(=O)c2cc(C)cc(C)c2)cc1. The van der Waals surface area contributed by atoms with Gasteiger partial charge in [0.2, 0.25) is 0 Å². The molecule has 104 valence electrons. The summed E-state index contributed by atoms with van der Waals surface area (Å²) in [7, 11) is 0. The molecule has 0 unspecified atom stereocenters. The van der Waals surface area contributed by atoms with Gasteiger partial charge in [-0.15, -0.1) is 0 Å². The van der Waals surface area contributed by atoms with Gasteiger partial charge in [-0.1, -0.05) is 17.2 Å². The minimum Gasteiger partial charge on any atom is -0.494 e. The second-order valence-corrected chi connectivity index (χ2v) is 4.79. The number of rotatable bonds is 4. The van der Waals surface area contributed by atoms with Crippen molar-refractivity contribution < 1.29 is 9.53 Å². The van der Waals surface area contributed by atoms with Crippen LogP contribution in [0.4, 0.5) is 5.69 Å². The average molecular weight is 269 g/mol. The maximum atomic E-state index is 12.2. The van der Waals surface area contributed by atoms with Crippen LogP contribution in [0.15, 0.2) is 42.5 Å². The molecule has 0 atom stereocenters. The van der Waals surface area contributed by atoms with E-state index in [0.29, 0.717) is 12.2 Å². The number of carbonyl (C=O) groups excluding carboxylic acids is 1. The van der Waals surface area contributed by atoms with Gasteiger partial charge >= 0.3 is 0 Å². The van der Waals surface area contributed by atoms with Gasteiger partial charge < -0.3 is 10.1 Å². The van der Waals surface area contributed by atoms with Crippen molar-refractivity contribution in [2.45, 2.75) is 20.8 Å². The molecule has 1 amide bonds.